The highest BCUT2D eigenvalue weighted by Gasteiger charge is 2.56. The van der Waals surface area contributed by atoms with E-state index in [0.29, 0.717) is 19.5 Å². The van der Waals surface area contributed by atoms with Crippen molar-refractivity contribution in [2.24, 2.45) is 17.8 Å². The van der Waals surface area contributed by atoms with E-state index in [1.54, 1.807) is 4.90 Å². The summed E-state index contributed by atoms with van der Waals surface area (Å²) in [5.41, 5.74) is -1.03. The van der Waals surface area contributed by atoms with Crippen LogP contribution in [0.15, 0.2) is 6.07 Å². The fourth-order valence-corrected chi connectivity index (χ4v) is 3.65. The SMILES string of the molecule is COC(=O)C[C@@H]1[C@H]2CN(c3cc(C(F)(F)F)nc(Cl)c3C#N)C[C@@H]12. The molecule has 3 rings (SSSR count). The van der Waals surface area contributed by atoms with Crippen LogP contribution < -0.4 is 4.90 Å². The number of carbonyl (C=O) groups excluding carboxylic acids is 1. The number of alkyl halides is 3. The maximum absolute atomic E-state index is 12.9. The van der Waals surface area contributed by atoms with Gasteiger partial charge in [-0.3, -0.25) is 4.79 Å². The molecule has 2 heterocycles. The summed E-state index contributed by atoms with van der Waals surface area (Å²) in [6.07, 6.45) is -4.32. The molecule has 128 valence electrons. The molecule has 1 aliphatic heterocycles. The van der Waals surface area contributed by atoms with Gasteiger partial charge in [-0.25, -0.2) is 4.98 Å². The molecule has 2 fully saturated rings. The van der Waals surface area contributed by atoms with E-state index in [2.05, 4.69) is 9.72 Å². The van der Waals surface area contributed by atoms with Crippen molar-refractivity contribution in [3.05, 3.63) is 22.5 Å². The van der Waals surface area contributed by atoms with Crippen LogP contribution in [0.3, 0.4) is 0 Å². The molecule has 2 aliphatic rings. The molecule has 0 spiro atoms. The second-order valence-electron chi connectivity index (χ2n) is 5.98. The summed E-state index contributed by atoms with van der Waals surface area (Å²) < 4.78 is 43.4. The van der Waals surface area contributed by atoms with E-state index in [4.69, 9.17) is 11.6 Å². The first kappa shape index (κ1) is 16.8. The number of nitriles is 1. The second kappa shape index (κ2) is 5.81. The quantitative estimate of drug-likeness (QED) is 0.613. The van der Waals surface area contributed by atoms with E-state index >= 15 is 0 Å². The molecule has 1 aromatic rings. The van der Waals surface area contributed by atoms with E-state index in [1.165, 1.54) is 7.11 Å². The Kier molecular flexibility index (Phi) is 4.08. The Labute approximate surface area is 141 Å². The predicted molar refractivity (Wildman–Crippen MR) is 78.3 cm³/mol. The molecule has 1 aliphatic carbocycles. The third-order valence-corrected chi connectivity index (χ3v) is 4.97. The summed E-state index contributed by atoms with van der Waals surface area (Å²) in [4.78, 5) is 16.3. The summed E-state index contributed by atoms with van der Waals surface area (Å²) >= 11 is 5.76. The predicted octanol–water partition coefficient (Wildman–Crippen LogP) is 2.87. The van der Waals surface area contributed by atoms with Crippen LogP contribution in [0.25, 0.3) is 0 Å². The number of esters is 1. The highest BCUT2D eigenvalue weighted by atomic mass is 35.5. The number of aromatic nitrogens is 1. The van der Waals surface area contributed by atoms with Crippen LogP contribution in [0, 0.1) is 29.1 Å². The molecule has 0 aromatic carbocycles. The number of halogens is 4. The highest BCUT2D eigenvalue weighted by molar-refractivity contribution is 6.31. The number of carbonyl (C=O) groups is 1. The van der Waals surface area contributed by atoms with Gasteiger partial charge in [0.25, 0.3) is 0 Å². The van der Waals surface area contributed by atoms with E-state index < -0.39 is 17.0 Å². The number of methoxy groups -OCH3 is 1. The molecule has 9 heteroatoms. The van der Waals surface area contributed by atoms with Crippen LogP contribution in [0.4, 0.5) is 18.9 Å². The zero-order chi connectivity index (χ0) is 17.6. The van der Waals surface area contributed by atoms with Gasteiger partial charge in [0.05, 0.1) is 12.8 Å². The highest BCUT2D eigenvalue weighted by Crippen LogP contribution is 2.55. The number of piperidine rings is 1. The van der Waals surface area contributed by atoms with Gasteiger partial charge in [-0.2, -0.15) is 18.4 Å². The molecule has 0 bridgehead atoms. The minimum Gasteiger partial charge on any atom is -0.469 e. The van der Waals surface area contributed by atoms with Gasteiger partial charge in [0.1, 0.15) is 22.5 Å². The molecule has 0 N–H and O–H groups in total. The molecule has 0 amide bonds. The zero-order valence-corrected chi connectivity index (χ0v) is 13.4. The molecular formula is C15H13ClF3N3O2. The van der Waals surface area contributed by atoms with Crippen molar-refractivity contribution in [3.8, 4) is 6.07 Å². The monoisotopic (exact) mass is 359 g/mol. The van der Waals surface area contributed by atoms with Crippen LogP contribution >= 0.6 is 11.6 Å². The fourth-order valence-electron chi connectivity index (χ4n) is 3.42. The van der Waals surface area contributed by atoms with E-state index in [9.17, 15) is 23.2 Å². The average Bonchev–Trinajstić information content (AvgIpc) is 2.95. The second-order valence-corrected chi connectivity index (χ2v) is 6.34. The van der Waals surface area contributed by atoms with Gasteiger partial charge >= 0.3 is 12.1 Å². The number of rotatable bonds is 3. The molecule has 1 saturated carbocycles. The van der Waals surface area contributed by atoms with Gasteiger partial charge in [0, 0.05) is 19.5 Å². The van der Waals surface area contributed by atoms with Crippen LogP contribution in [-0.4, -0.2) is 31.2 Å². The zero-order valence-electron chi connectivity index (χ0n) is 12.6. The van der Waals surface area contributed by atoms with Crippen molar-refractivity contribution in [1.29, 1.82) is 5.26 Å². The first-order valence-electron chi connectivity index (χ1n) is 7.25. The number of pyridine rings is 1. The summed E-state index contributed by atoms with van der Waals surface area (Å²) in [6, 6.07) is 2.69. The third kappa shape index (κ3) is 2.88. The Morgan fingerprint density at radius 1 is 1.50 bits per heavy atom. The Morgan fingerprint density at radius 3 is 2.62 bits per heavy atom. The Morgan fingerprint density at radius 2 is 2.12 bits per heavy atom. The lowest BCUT2D eigenvalue weighted by Crippen LogP contribution is -2.26. The summed E-state index contributed by atoms with van der Waals surface area (Å²) in [7, 11) is 1.32. The van der Waals surface area contributed by atoms with Gasteiger partial charge in [0.2, 0.25) is 0 Å². The van der Waals surface area contributed by atoms with Gasteiger partial charge in [0.15, 0.2) is 0 Å². The van der Waals surface area contributed by atoms with Gasteiger partial charge < -0.3 is 9.64 Å². The van der Waals surface area contributed by atoms with E-state index in [1.807, 2.05) is 6.07 Å². The normalized spacial score (nSPS) is 25.2. The third-order valence-electron chi connectivity index (χ3n) is 4.70. The van der Waals surface area contributed by atoms with Crippen molar-refractivity contribution >= 4 is 23.3 Å². The van der Waals surface area contributed by atoms with Gasteiger partial charge in [-0.1, -0.05) is 11.6 Å². The lowest BCUT2D eigenvalue weighted by Gasteiger charge is -2.24. The van der Waals surface area contributed by atoms with Crippen molar-refractivity contribution in [2.75, 3.05) is 25.1 Å². The number of nitrogens with zero attached hydrogens (tertiary/aromatic N) is 3. The number of hydrogen-bond donors (Lipinski definition) is 0. The van der Waals surface area contributed by atoms with E-state index in [0.717, 1.165) is 6.07 Å². The van der Waals surface area contributed by atoms with Crippen LogP contribution in [-0.2, 0) is 15.7 Å². The average molecular weight is 360 g/mol. The Bertz CT molecular complexity index is 720. The molecule has 24 heavy (non-hydrogen) atoms. The lowest BCUT2D eigenvalue weighted by molar-refractivity contribution is -0.142. The number of anilines is 1. The molecule has 5 nitrogen and oxygen atoms in total. The smallest absolute Gasteiger partial charge is 0.433 e. The minimum absolute atomic E-state index is 0.0597. The maximum Gasteiger partial charge on any atom is 0.433 e. The van der Waals surface area contributed by atoms with Crippen LogP contribution in [0.5, 0.6) is 0 Å². The van der Waals surface area contributed by atoms with Crippen molar-refractivity contribution in [3.63, 3.8) is 0 Å². The van der Waals surface area contributed by atoms with Gasteiger partial charge in [-0.05, 0) is 23.8 Å². The van der Waals surface area contributed by atoms with Gasteiger partial charge in [-0.15, -0.1) is 0 Å². The fraction of sp³-hybridized carbons (Fsp3) is 0.533. The number of ether oxygens (including phenoxy) is 1. The van der Waals surface area contributed by atoms with E-state index in [-0.39, 0.29) is 35.0 Å². The lowest BCUT2D eigenvalue weighted by atomic mass is 10.1. The molecule has 1 saturated heterocycles. The molecular weight excluding hydrogens is 347 g/mol. The van der Waals surface area contributed by atoms with Crippen molar-refractivity contribution in [1.82, 2.24) is 4.98 Å². The Balaban J connectivity index is 1.81. The molecule has 0 unspecified atom stereocenters. The topological polar surface area (TPSA) is 66.2 Å². The maximum atomic E-state index is 12.9. The van der Waals surface area contributed by atoms with Crippen molar-refractivity contribution in [2.45, 2.75) is 12.6 Å². The summed E-state index contributed by atoms with van der Waals surface area (Å²) in [5.74, 6) is 0.345. The number of fused-ring (bicyclic) bond motifs is 1. The van der Waals surface area contributed by atoms with Crippen LogP contribution in [0.1, 0.15) is 17.7 Å². The summed E-state index contributed by atoms with van der Waals surface area (Å²) in [6.45, 7) is 0.970. The molecule has 1 aromatic heterocycles. The Hall–Kier alpha value is -2.01. The first-order chi connectivity index (χ1) is 11.3. The largest absolute Gasteiger partial charge is 0.469 e. The standard InChI is InChI=1S/C15H13ClF3N3O2/c1-24-13(23)2-7-9-5-22(6-10(7)9)11-3-12(15(17,18)19)21-14(16)8(11)4-20/h3,7,9-10H,2,5-6H2,1H3/t7-,9-,10+. The molecule has 3 atom stereocenters. The first-order valence-corrected chi connectivity index (χ1v) is 7.63. The minimum atomic E-state index is -4.64. The number of hydrogen-bond acceptors (Lipinski definition) is 5. The summed E-state index contributed by atoms with van der Waals surface area (Å²) in [5, 5.41) is 8.74. The molecule has 0 radical (unpaired) electrons. The van der Waals surface area contributed by atoms with Crippen molar-refractivity contribution < 1.29 is 22.7 Å². The van der Waals surface area contributed by atoms with Crippen LogP contribution in [0.2, 0.25) is 5.15 Å².